The molecule has 0 aliphatic rings. The normalized spacial score (nSPS) is 12.7. The number of benzene rings is 1. The zero-order chi connectivity index (χ0) is 19.0. The van der Waals surface area contributed by atoms with Gasteiger partial charge in [0, 0.05) is 19.8 Å². The lowest BCUT2D eigenvalue weighted by molar-refractivity contribution is -0.122. The van der Waals surface area contributed by atoms with Gasteiger partial charge in [0.1, 0.15) is 6.04 Å². The molecule has 1 aromatic rings. The Morgan fingerprint density at radius 3 is 2.44 bits per heavy atom. The molecule has 1 aromatic carbocycles. The zero-order valence-electron chi connectivity index (χ0n) is 15.8. The minimum Gasteiger partial charge on any atom is -0.382 e. The third kappa shape index (κ3) is 6.32. The Kier molecular flexibility index (Phi) is 8.38. The van der Waals surface area contributed by atoms with E-state index in [4.69, 9.17) is 4.74 Å². The molecule has 25 heavy (non-hydrogen) atoms. The van der Waals surface area contributed by atoms with Gasteiger partial charge in [-0.3, -0.25) is 9.10 Å². The standard InChI is InChI=1S/C18H30N2O4S/c1-6-17(18(21)19-11-8-12-24-7-2)20(25(5,22)23)16-10-9-14(3)15(4)13-16/h9-10,13,17H,6-8,11-12H2,1-5H3,(H,19,21)/t17-/m0/s1. The molecule has 0 aliphatic carbocycles. The summed E-state index contributed by atoms with van der Waals surface area (Å²) in [5.41, 5.74) is 2.57. The Morgan fingerprint density at radius 2 is 1.92 bits per heavy atom. The summed E-state index contributed by atoms with van der Waals surface area (Å²) in [5, 5.41) is 2.82. The van der Waals surface area contributed by atoms with Crippen molar-refractivity contribution in [2.75, 3.05) is 30.3 Å². The first-order valence-electron chi connectivity index (χ1n) is 8.64. The lowest BCUT2D eigenvalue weighted by Crippen LogP contribution is -2.49. The van der Waals surface area contributed by atoms with E-state index in [1.165, 1.54) is 4.31 Å². The van der Waals surface area contributed by atoms with E-state index in [0.29, 0.717) is 38.3 Å². The van der Waals surface area contributed by atoms with Crippen LogP contribution in [0.5, 0.6) is 0 Å². The third-order valence-corrected chi connectivity index (χ3v) is 5.22. The molecule has 0 saturated carbocycles. The first-order valence-corrected chi connectivity index (χ1v) is 10.5. The highest BCUT2D eigenvalue weighted by molar-refractivity contribution is 7.92. The van der Waals surface area contributed by atoms with Crippen molar-refractivity contribution in [3.05, 3.63) is 29.3 Å². The average molecular weight is 371 g/mol. The van der Waals surface area contributed by atoms with Crippen LogP contribution in [0, 0.1) is 13.8 Å². The second-order valence-corrected chi connectivity index (χ2v) is 7.95. The van der Waals surface area contributed by atoms with Crippen molar-refractivity contribution in [2.45, 2.75) is 46.6 Å². The van der Waals surface area contributed by atoms with E-state index in [-0.39, 0.29) is 5.91 Å². The summed E-state index contributed by atoms with van der Waals surface area (Å²) in [6.45, 7) is 9.28. The summed E-state index contributed by atoms with van der Waals surface area (Å²) < 4.78 is 31.2. The predicted molar refractivity (Wildman–Crippen MR) is 101 cm³/mol. The fourth-order valence-electron chi connectivity index (χ4n) is 2.57. The molecule has 1 amide bonds. The molecular formula is C18H30N2O4S. The quantitative estimate of drug-likeness (QED) is 0.642. The van der Waals surface area contributed by atoms with Gasteiger partial charge in [-0.05, 0) is 56.9 Å². The summed E-state index contributed by atoms with van der Waals surface area (Å²) in [7, 11) is -3.60. The molecule has 0 fully saturated rings. The van der Waals surface area contributed by atoms with Gasteiger partial charge >= 0.3 is 0 Å². The van der Waals surface area contributed by atoms with Crippen molar-refractivity contribution in [1.82, 2.24) is 5.32 Å². The Balaban J connectivity index is 2.99. The Hall–Kier alpha value is -1.60. The fraction of sp³-hybridized carbons (Fsp3) is 0.611. The van der Waals surface area contributed by atoms with Crippen LogP contribution in [-0.2, 0) is 19.6 Å². The molecule has 1 atom stereocenters. The summed E-state index contributed by atoms with van der Waals surface area (Å²) in [6, 6.07) is 4.65. The molecule has 0 aliphatic heterocycles. The molecule has 142 valence electrons. The van der Waals surface area contributed by atoms with Crippen molar-refractivity contribution in [2.24, 2.45) is 0 Å². The van der Waals surface area contributed by atoms with Gasteiger partial charge in [0.25, 0.3) is 0 Å². The topological polar surface area (TPSA) is 75.7 Å². The number of carbonyl (C=O) groups is 1. The summed E-state index contributed by atoms with van der Waals surface area (Å²) in [6.07, 6.45) is 2.21. The second-order valence-electron chi connectivity index (χ2n) is 6.09. The van der Waals surface area contributed by atoms with Gasteiger partial charge in [0.15, 0.2) is 0 Å². The van der Waals surface area contributed by atoms with E-state index in [2.05, 4.69) is 5.32 Å². The first kappa shape index (κ1) is 21.4. The van der Waals surface area contributed by atoms with E-state index >= 15 is 0 Å². The number of rotatable bonds is 10. The van der Waals surface area contributed by atoms with Gasteiger partial charge in [-0.2, -0.15) is 0 Å². The van der Waals surface area contributed by atoms with Crippen LogP contribution in [0.3, 0.4) is 0 Å². The molecule has 0 radical (unpaired) electrons. The Bertz CT molecular complexity index is 674. The summed E-state index contributed by atoms with van der Waals surface area (Å²) in [5.74, 6) is -0.289. The van der Waals surface area contributed by atoms with Crippen LogP contribution >= 0.6 is 0 Å². The average Bonchev–Trinajstić information content (AvgIpc) is 2.53. The van der Waals surface area contributed by atoms with Gasteiger partial charge in [-0.25, -0.2) is 8.42 Å². The molecular weight excluding hydrogens is 340 g/mol. The van der Waals surface area contributed by atoms with Crippen LogP contribution in [0.2, 0.25) is 0 Å². The monoisotopic (exact) mass is 370 g/mol. The van der Waals surface area contributed by atoms with E-state index in [0.717, 1.165) is 17.4 Å². The maximum absolute atomic E-state index is 12.6. The van der Waals surface area contributed by atoms with Gasteiger partial charge in [-0.15, -0.1) is 0 Å². The molecule has 6 nitrogen and oxygen atoms in total. The van der Waals surface area contributed by atoms with Crippen LogP contribution in [-0.4, -0.2) is 46.4 Å². The largest absolute Gasteiger partial charge is 0.382 e. The van der Waals surface area contributed by atoms with E-state index in [9.17, 15) is 13.2 Å². The smallest absolute Gasteiger partial charge is 0.243 e. The lowest BCUT2D eigenvalue weighted by Gasteiger charge is -2.30. The highest BCUT2D eigenvalue weighted by atomic mass is 32.2. The number of carbonyl (C=O) groups excluding carboxylic acids is 1. The highest BCUT2D eigenvalue weighted by Gasteiger charge is 2.31. The molecule has 0 spiro atoms. The second kappa shape index (κ2) is 9.77. The number of nitrogens with one attached hydrogen (secondary N) is 1. The fourth-order valence-corrected chi connectivity index (χ4v) is 3.77. The van der Waals surface area contributed by atoms with E-state index in [1.807, 2.05) is 33.8 Å². The number of anilines is 1. The molecule has 7 heteroatoms. The molecule has 0 unspecified atom stereocenters. The van der Waals surface area contributed by atoms with Crippen LogP contribution in [0.25, 0.3) is 0 Å². The van der Waals surface area contributed by atoms with E-state index < -0.39 is 16.1 Å². The predicted octanol–water partition coefficient (Wildman–Crippen LogP) is 2.39. The molecule has 0 aromatic heterocycles. The van der Waals surface area contributed by atoms with Gasteiger partial charge < -0.3 is 10.1 Å². The minimum atomic E-state index is -3.60. The van der Waals surface area contributed by atoms with Crippen LogP contribution < -0.4 is 9.62 Å². The molecule has 1 N–H and O–H groups in total. The van der Waals surface area contributed by atoms with Crippen molar-refractivity contribution in [1.29, 1.82) is 0 Å². The molecule has 0 bridgehead atoms. The summed E-state index contributed by atoms with van der Waals surface area (Å²) >= 11 is 0. The number of sulfonamides is 1. The number of nitrogens with zero attached hydrogens (tertiary/aromatic N) is 1. The van der Waals surface area contributed by atoms with Crippen molar-refractivity contribution in [3.63, 3.8) is 0 Å². The van der Waals surface area contributed by atoms with Gasteiger partial charge in [-0.1, -0.05) is 13.0 Å². The maximum Gasteiger partial charge on any atom is 0.243 e. The number of aryl methyl sites for hydroxylation is 2. The SMILES string of the molecule is CCOCCCNC(=O)[C@H](CC)N(c1ccc(C)c(C)c1)S(C)(=O)=O. The zero-order valence-corrected chi connectivity index (χ0v) is 16.6. The minimum absolute atomic E-state index is 0.289. The van der Waals surface area contributed by atoms with Crippen LogP contribution in [0.15, 0.2) is 18.2 Å². The van der Waals surface area contributed by atoms with Crippen LogP contribution in [0.1, 0.15) is 37.8 Å². The molecule has 0 saturated heterocycles. The van der Waals surface area contributed by atoms with Gasteiger partial charge in [0.2, 0.25) is 15.9 Å². The molecule has 1 rings (SSSR count). The number of ether oxygens (including phenoxy) is 1. The maximum atomic E-state index is 12.6. The summed E-state index contributed by atoms with van der Waals surface area (Å²) in [4.78, 5) is 12.6. The van der Waals surface area contributed by atoms with Crippen molar-refractivity contribution < 1.29 is 17.9 Å². The number of hydrogen-bond donors (Lipinski definition) is 1. The number of hydrogen-bond acceptors (Lipinski definition) is 4. The van der Waals surface area contributed by atoms with Crippen molar-refractivity contribution in [3.8, 4) is 0 Å². The Labute approximate surface area is 151 Å². The third-order valence-electron chi connectivity index (χ3n) is 4.04. The first-order chi connectivity index (χ1) is 11.7. The highest BCUT2D eigenvalue weighted by Crippen LogP contribution is 2.25. The molecule has 0 heterocycles. The van der Waals surface area contributed by atoms with E-state index in [1.54, 1.807) is 12.1 Å². The van der Waals surface area contributed by atoms with Crippen LogP contribution in [0.4, 0.5) is 5.69 Å². The Morgan fingerprint density at radius 1 is 1.24 bits per heavy atom. The lowest BCUT2D eigenvalue weighted by atomic mass is 10.1. The van der Waals surface area contributed by atoms with Crippen molar-refractivity contribution >= 4 is 21.6 Å². The van der Waals surface area contributed by atoms with Gasteiger partial charge in [0.05, 0.1) is 11.9 Å². The number of amides is 1.